The van der Waals surface area contributed by atoms with E-state index in [4.69, 9.17) is 5.11 Å². The number of aliphatic carboxylic acids is 1. The predicted molar refractivity (Wildman–Crippen MR) is 70.9 cm³/mol. The van der Waals surface area contributed by atoms with Gasteiger partial charge >= 0.3 is 5.97 Å². The SMILES string of the molecule is O=C(O)[C@@H]1CC=C[C@@H](Nc2cc(C3CC3)ncn2)C1. The van der Waals surface area contributed by atoms with Crippen LogP contribution in [0.1, 0.15) is 37.3 Å². The molecule has 0 bridgehead atoms. The maximum atomic E-state index is 11.0. The highest BCUT2D eigenvalue weighted by Gasteiger charge is 2.26. The Morgan fingerprint density at radius 2 is 2.21 bits per heavy atom. The summed E-state index contributed by atoms with van der Waals surface area (Å²) in [5.74, 6) is 0.361. The highest BCUT2D eigenvalue weighted by atomic mass is 16.4. The number of aromatic nitrogens is 2. The highest BCUT2D eigenvalue weighted by molar-refractivity contribution is 5.70. The van der Waals surface area contributed by atoms with Gasteiger partial charge in [-0.05, 0) is 25.7 Å². The Morgan fingerprint density at radius 1 is 1.37 bits per heavy atom. The molecule has 5 heteroatoms. The van der Waals surface area contributed by atoms with Gasteiger partial charge in [-0.2, -0.15) is 0 Å². The molecule has 1 fully saturated rings. The standard InChI is InChI=1S/C14H17N3O2/c18-14(19)10-2-1-3-11(6-10)17-13-7-12(9-4-5-9)15-8-16-13/h1,3,7-11H,2,4-6H2,(H,18,19)(H,15,16,17)/t10-,11-/m1/s1. The first-order chi connectivity index (χ1) is 9.22. The first kappa shape index (κ1) is 12.1. The van der Waals surface area contributed by atoms with E-state index < -0.39 is 5.97 Å². The molecule has 0 spiro atoms. The number of nitrogens with zero attached hydrogens (tertiary/aromatic N) is 2. The van der Waals surface area contributed by atoms with Gasteiger partial charge in [-0.15, -0.1) is 0 Å². The van der Waals surface area contributed by atoms with E-state index in [0.29, 0.717) is 18.8 Å². The van der Waals surface area contributed by atoms with Gasteiger partial charge in [0.15, 0.2) is 0 Å². The Hall–Kier alpha value is -1.91. The quantitative estimate of drug-likeness (QED) is 0.811. The Balaban J connectivity index is 1.67. The maximum absolute atomic E-state index is 11.0. The van der Waals surface area contributed by atoms with E-state index >= 15 is 0 Å². The molecule has 3 rings (SSSR count). The van der Waals surface area contributed by atoms with Crippen molar-refractivity contribution in [1.29, 1.82) is 0 Å². The lowest BCUT2D eigenvalue weighted by atomic mass is 9.91. The number of carboxylic acid groups (broad SMARTS) is 1. The number of carbonyl (C=O) groups is 1. The lowest BCUT2D eigenvalue weighted by Crippen LogP contribution is -2.28. The van der Waals surface area contributed by atoms with Gasteiger partial charge in [0.2, 0.25) is 0 Å². The van der Waals surface area contributed by atoms with Crippen LogP contribution in [0, 0.1) is 5.92 Å². The number of carboxylic acids is 1. The first-order valence-electron chi connectivity index (χ1n) is 6.70. The summed E-state index contributed by atoms with van der Waals surface area (Å²) >= 11 is 0. The van der Waals surface area contributed by atoms with Crippen LogP contribution in [0.4, 0.5) is 5.82 Å². The van der Waals surface area contributed by atoms with Crippen LogP contribution in [0.25, 0.3) is 0 Å². The molecule has 0 saturated heterocycles. The molecule has 0 amide bonds. The molecule has 0 unspecified atom stereocenters. The maximum Gasteiger partial charge on any atom is 0.306 e. The molecule has 1 saturated carbocycles. The van der Waals surface area contributed by atoms with E-state index in [1.807, 2.05) is 18.2 Å². The van der Waals surface area contributed by atoms with Crippen molar-refractivity contribution >= 4 is 11.8 Å². The van der Waals surface area contributed by atoms with Crippen LogP contribution in [0.2, 0.25) is 0 Å². The number of anilines is 1. The van der Waals surface area contributed by atoms with Crippen molar-refractivity contribution in [3.63, 3.8) is 0 Å². The Bertz CT molecular complexity index is 511. The van der Waals surface area contributed by atoms with E-state index in [1.165, 1.54) is 12.8 Å². The smallest absolute Gasteiger partial charge is 0.306 e. The summed E-state index contributed by atoms with van der Waals surface area (Å²) in [5, 5.41) is 12.3. The number of hydrogen-bond donors (Lipinski definition) is 2. The fourth-order valence-corrected chi connectivity index (χ4v) is 2.44. The third-order valence-electron chi connectivity index (χ3n) is 3.69. The monoisotopic (exact) mass is 259 g/mol. The van der Waals surface area contributed by atoms with Gasteiger partial charge < -0.3 is 10.4 Å². The zero-order valence-corrected chi connectivity index (χ0v) is 10.6. The lowest BCUT2D eigenvalue weighted by Gasteiger charge is -2.23. The van der Waals surface area contributed by atoms with Crippen LogP contribution in [-0.4, -0.2) is 27.1 Å². The third-order valence-corrected chi connectivity index (χ3v) is 3.69. The molecule has 19 heavy (non-hydrogen) atoms. The van der Waals surface area contributed by atoms with E-state index in [2.05, 4.69) is 15.3 Å². The summed E-state index contributed by atoms with van der Waals surface area (Å²) in [7, 11) is 0. The molecular weight excluding hydrogens is 242 g/mol. The van der Waals surface area contributed by atoms with Crippen LogP contribution in [-0.2, 0) is 4.79 Å². The molecule has 1 aromatic heterocycles. The van der Waals surface area contributed by atoms with Crippen molar-refractivity contribution < 1.29 is 9.90 Å². The Labute approximate surface area is 111 Å². The number of nitrogens with one attached hydrogen (secondary N) is 1. The van der Waals surface area contributed by atoms with Gasteiger partial charge in [-0.1, -0.05) is 12.2 Å². The van der Waals surface area contributed by atoms with E-state index in [9.17, 15) is 4.79 Å². The minimum absolute atomic E-state index is 0.0387. The molecule has 100 valence electrons. The minimum Gasteiger partial charge on any atom is -0.481 e. The number of allylic oxidation sites excluding steroid dienone is 1. The van der Waals surface area contributed by atoms with Gasteiger partial charge in [0.25, 0.3) is 0 Å². The van der Waals surface area contributed by atoms with Crippen molar-refractivity contribution in [2.75, 3.05) is 5.32 Å². The fourth-order valence-electron chi connectivity index (χ4n) is 2.44. The molecule has 0 aliphatic heterocycles. The van der Waals surface area contributed by atoms with E-state index in [-0.39, 0.29) is 12.0 Å². The summed E-state index contributed by atoms with van der Waals surface area (Å²) in [6.45, 7) is 0. The second-order valence-corrected chi connectivity index (χ2v) is 5.29. The summed E-state index contributed by atoms with van der Waals surface area (Å²) < 4.78 is 0. The second-order valence-electron chi connectivity index (χ2n) is 5.29. The summed E-state index contributed by atoms with van der Waals surface area (Å²) in [6, 6.07) is 2.02. The largest absolute Gasteiger partial charge is 0.481 e. The topological polar surface area (TPSA) is 75.1 Å². The van der Waals surface area contributed by atoms with Crippen LogP contribution in [0.5, 0.6) is 0 Å². The lowest BCUT2D eigenvalue weighted by molar-refractivity contribution is -0.142. The summed E-state index contributed by atoms with van der Waals surface area (Å²) in [5.41, 5.74) is 1.09. The molecular formula is C14H17N3O2. The summed E-state index contributed by atoms with van der Waals surface area (Å²) in [6.07, 6.45) is 9.18. The van der Waals surface area contributed by atoms with Crippen molar-refractivity contribution in [2.45, 2.75) is 37.6 Å². The van der Waals surface area contributed by atoms with Crippen LogP contribution in [0.3, 0.4) is 0 Å². The summed E-state index contributed by atoms with van der Waals surface area (Å²) in [4.78, 5) is 19.5. The first-order valence-corrected chi connectivity index (χ1v) is 6.70. The normalized spacial score (nSPS) is 26.1. The average molecular weight is 259 g/mol. The molecule has 2 N–H and O–H groups in total. The zero-order chi connectivity index (χ0) is 13.2. The molecule has 2 aliphatic carbocycles. The zero-order valence-electron chi connectivity index (χ0n) is 10.6. The molecule has 1 aromatic rings. The predicted octanol–water partition coefficient (Wildman–Crippen LogP) is 2.19. The van der Waals surface area contributed by atoms with Crippen molar-refractivity contribution in [2.24, 2.45) is 5.92 Å². The van der Waals surface area contributed by atoms with Crippen LogP contribution in [0.15, 0.2) is 24.5 Å². The Kier molecular flexibility index (Phi) is 3.19. The Morgan fingerprint density at radius 3 is 2.95 bits per heavy atom. The van der Waals surface area contributed by atoms with Gasteiger partial charge in [0.05, 0.1) is 5.92 Å². The number of rotatable bonds is 4. The second kappa shape index (κ2) is 4.99. The minimum atomic E-state index is -0.725. The van der Waals surface area contributed by atoms with Crippen molar-refractivity contribution in [3.8, 4) is 0 Å². The third kappa shape index (κ3) is 2.92. The van der Waals surface area contributed by atoms with Gasteiger partial charge in [-0.3, -0.25) is 4.79 Å². The molecule has 2 aliphatic rings. The van der Waals surface area contributed by atoms with E-state index in [0.717, 1.165) is 11.5 Å². The molecule has 0 radical (unpaired) electrons. The van der Waals surface area contributed by atoms with Gasteiger partial charge in [0, 0.05) is 23.7 Å². The number of hydrogen-bond acceptors (Lipinski definition) is 4. The van der Waals surface area contributed by atoms with E-state index in [1.54, 1.807) is 6.33 Å². The van der Waals surface area contributed by atoms with Crippen molar-refractivity contribution in [1.82, 2.24) is 9.97 Å². The molecule has 5 nitrogen and oxygen atoms in total. The fraction of sp³-hybridized carbons (Fsp3) is 0.500. The highest BCUT2D eigenvalue weighted by Crippen LogP contribution is 2.39. The van der Waals surface area contributed by atoms with Crippen LogP contribution >= 0.6 is 0 Å². The van der Waals surface area contributed by atoms with Crippen molar-refractivity contribution in [3.05, 3.63) is 30.2 Å². The van der Waals surface area contributed by atoms with Crippen LogP contribution < -0.4 is 5.32 Å². The molecule has 0 aromatic carbocycles. The van der Waals surface area contributed by atoms with Gasteiger partial charge in [0.1, 0.15) is 12.1 Å². The molecule has 1 heterocycles. The average Bonchev–Trinajstić information content (AvgIpc) is 3.23. The van der Waals surface area contributed by atoms with Gasteiger partial charge in [-0.25, -0.2) is 9.97 Å². The molecule has 2 atom stereocenters.